The molecule has 4 rings (SSSR count). The minimum Gasteiger partial charge on any atom is -0.507 e. The minimum atomic E-state index is -0.824. The molecule has 2 aliphatic rings. The molecule has 34 heavy (non-hydrogen) atoms. The lowest BCUT2D eigenvalue weighted by Crippen LogP contribution is -2.38. The van der Waals surface area contributed by atoms with Crippen LogP contribution in [0.2, 0.25) is 5.02 Å². The molecule has 0 aliphatic carbocycles. The molecule has 2 aromatic rings. The lowest BCUT2D eigenvalue weighted by molar-refractivity contribution is -0.140. The van der Waals surface area contributed by atoms with Crippen molar-refractivity contribution < 1.29 is 29.3 Å². The predicted octanol–water partition coefficient (Wildman–Crippen LogP) is 3.20. The summed E-state index contributed by atoms with van der Waals surface area (Å²) in [7, 11) is 1.42. The van der Waals surface area contributed by atoms with E-state index in [-0.39, 0.29) is 22.8 Å². The molecule has 2 N–H and O–H groups in total. The Hall–Kier alpha value is -3.07. The SMILES string of the molecule is COc1cc(C2/C(=C(\O)c3ccc(Cl)cc3)C(=O)C(=O)N2CCCN2CCOCC2)ccc1O. The highest BCUT2D eigenvalue weighted by Gasteiger charge is 2.46. The van der Waals surface area contributed by atoms with Crippen LogP contribution in [-0.2, 0) is 14.3 Å². The van der Waals surface area contributed by atoms with Crippen LogP contribution in [0.5, 0.6) is 11.5 Å². The number of hydrogen-bond acceptors (Lipinski definition) is 7. The Kier molecular flexibility index (Phi) is 7.41. The fraction of sp³-hybridized carbons (Fsp3) is 0.360. The average Bonchev–Trinajstić information content (AvgIpc) is 3.10. The number of benzene rings is 2. The number of morpholine rings is 1. The van der Waals surface area contributed by atoms with Crippen LogP contribution in [0.25, 0.3) is 5.76 Å². The number of aliphatic hydroxyl groups excluding tert-OH is 1. The van der Waals surface area contributed by atoms with Gasteiger partial charge in [0.1, 0.15) is 5.76 Å². The number of carbonyl (C=O) groups is 2. The lowest BCUT2D eigenvalue weighted by Gasteiger charge is -2.29. The van der Waals surface area contributed by atoms with Crippen molar-refractivity contribution >= 4 is 29.1 Å². The Morgan fingerprint density at radius 2 is 1.82 bits per heavy atom. The average molecular weight is 487 g/mol. The number of ketones is 1. The number of aliphatic hydroxyl groups is 1. The van der Waals surface area contributed by atoms with E-state index in [1.165, 1.54) is 18.1 Å². The third kappa shape index (κ3) is 4.89. The van der Waals surface area contributed by atoms with Gasteiger partial charge in [-0.1, -0.05) is 17.7 Å². The largest absolute Gasteiger partial charge is 0.507 e. The van der Waals surface area contributed by atoms with Crippen molar-refractivity contribution in [3.8, 4) is 11.5 Å². The van der Waals surface area contributed by atoms with Gasteiger partial charge in [-0.15, -0.1) is 0 Å². The lowest BCUT2D eigenvalue weighted by atomic mass is 9.95. The number of amides is 1. The molecule has 2 heterocycles. The van der Waals surface area contributed by atoms with Crippen LogP contribution in [0.3, 0.4) is 0 Å². The van der Waals surface area contributed by atoms with Crippen molar-refractivity contribution in [2.45, 2.75) is 12.5 Å². The Balaban J connectivity index is 1.70. The molecule has 0 radical (unpaired) electrons. The summed E-state index contributed by atoms with van der Waals surface area (Å²) in [6.07, 6.45) is 0.653. The zero-order valence-electron chi connectivity index (χ0n) is 18.9. The molecule has 2 aliphatic heterocycles. The van der Waals surface area contributed by atoms with Crippen molar-refractivity contribution in [1.82, 2.24) is 9.80 Å². The summed E-state index contributed by atoms with van der Waals surface area (Å²) in [6.45, 7) is 4.10. The molecular formula is C25H27ClN2O6. The number of halogens is 1. The Morgan fingerprint density at radius 3 is 2.50 bits per heavy atom. The highest BCUT2D eigenvalue weighted by Crippen LogP contribution is 2.41. The van der Waals surface area contributed by atoms with E-state index in [0.717, 1.165) is 19.6 Å². The Morgan fingerprint density at radius 1 is 1.12 bits per heavy atom. The van der Waals surface area contributed by atoms with Crippen molar-refractivity contribution in [2.75, 3.05) is 46.5 Å². The van der Waals surface area contributed by atoms with Gasteiger partial charge in [0.15, 0.2) is 11.5 Å². The number of methoxy groups -OCH3 is 1. The van der Waals surface area contributed by atoms with Crippen molar-refractivity contribution in [1.29, 1.82) is 0 Å². The van der Waals surface area contributed by atoms with Crippen LogP contribution in [0.4, 0.5) is 0 Å². The number of phenols is 1. The number of phenolic OH excluding ortho intramolecular Hbond substituents is 1. The molecule has 1 atom stereocenters. The first-order valence-corrected chi connectivity index (χ1v) is 11.5. The number of nitrogens with zero attached hydrogens (tertiary/aromatic N) is 2. The molecule has 2 fully saturated rings. The second kappa shape index (κ2) is 10.5. The normalized spacial score (nSPS) is 20.6. The standard InChI is InChI=1S/C25H27ClN2O6/c1-33-20-15-17(5-8-19(20)29)22-21(23(30)16-3-6-18(26)7-4-16)24(31)25(32)28(22)10-2-9-27-11-13-34-14-12-27/h3-8,15,22,29-30H,2,9-14H2,1H3/b23-21+. The van der Waals surface area contributed by atoms with Gasteiger partial charge < -0.3 is 24.6 Å². The van der Waals surface area contributed by atoms with Gasteiger partial charge in [0, 0.05) is 36.8 Å². The summed E-state index contributed by atoms with van der Waals surface area (Å²) in [4.78, 5) is 30.0. The van der Waals surface area contributed by atoms with E-state index in [1.807, 2.05) is 0 Å². The minimum absolute atomic E-state index is 0.00793. The molecule has 0 aromatic heterocycles. The van der Waals surface area contributed by atoms with E-state index in [9.17, 15) is 19.8 Å². The van der Waals surface area contributed by atoms with Gasteiger partial charge in [0.05, 0.1) is 31.9 Å². The van der Waals surface area contributed by atoms with Crippen molar-refractivity contribution in [2.24, 2.45) is 0 Å². The molecule has 1 amide bonds. The molecule has 9 heteroatoms. The van der Waals surface area contributed by atoms with E-state index >= 15 is 0 Å². The molecule has 1 unspecified atom stereocenters. The fourth-order valence-corrected chi connectivity index (χ4v) is 4.50. The monoisotopic (exact) mass is 486 g/mol. The highest BCUT2D eigenvalue weighted by atomic mass is 35.5. The quantitative estimate of drug-likeness (QED) is 0.352. The van der Waals surface area contributed by atoms with Gasteiger partial charge in [-0.05, 0) is 48.4 Å². The molecule has 2 saturated heterocycles. The van der Waals surface area contributed by atoms with E-state index in [1.54, 1.807) is 36.4 Å². The summed E-state index contributed by atoms with van der Waals surface area (Å²) in [5.74, 6) is -1.55. The molecule has 8 nitrogen and oxygen atoms in total. The van der Waals surface area contributed by atoms with Gasteiger partial charge >= 0.3 is 0 Å². The van der Waals surface area contributed by atoms with Crippen LogP contribution in [-0.4, -0.2) is 78.2 Å². The van der Waals surface area contributed by atoms with Gasteiger partial charge in [0.25, 0.3) is 11.7 Å². The number of ether oxygens (including phenoxy) is 2. The Bertz CT molecular complexity index is 1100. The Labute approximate surface area is 202 Å². The van der Waals surface area contributed by atoms with Crippen LogP contribution < -0.4 is 4.74 Å². The second-order valence-electron chi connectivity index (χ2n) is 8.24. The van der Waals surface area contributed by atoms with Crippen molar-refractivity contribution in [3.63, 3.8) is 0 Å². The van der Waals surface area contributed by atoms with E-state index < -0.39 is 17.7 Å². The van der Waals surface area contributed by atoms with Gasteiger partial charge in [0.2, 0.25) is 0 Å². The number of aromatic hydroxyl groups is 1. The van der Waals surface area contributed by atoms with Crippen LogP contribution in [0.1, 0.15) is 23.6 Å². The number of carbonyl (C=O) groups excluding carboxylic acids is 2. The molecule has 2 aromatic carbocycles. The summed E-state index contributed by atoms with van der Waals surface area (Å²) in [5.41, 5.74) is 0.925. The van der Waals surface area contributed by atoms with Crippen LogP contribution in [0, 0.1) is 0 Å². The summed E-state index contributed by atoms with van der Waals surface area (Å²) >= 11 is 5.97. The molecular weight excluding hydrogens is 460 g/mol. The fourth-order valence-electron chi connectivity index (χ4n) is 4.37. The zero-order chi connectivity index (χ0) is 24.2. The van der Waals surface area contributed by atoms with Crippen LogP contribution >= 0.6 is 11.6 Å². The van der Waals surface area contributed by atoms with Crippen molar-refractivity contribution in [3.05, 3.63) is 64.2 Å². The molecule has 0 saturated carbocycles. The van der Waals surface area contributed by atoms with Gasteiger partial charge in [-0.3, -0.25) is 14.5 Å². The van der Waals surface area contributed by atoms with E-state index in [2.05, 4.69) is 4.90 Å². The number of rotatable bonds is 7. The summed E-state index contributed by atoms with van der Waals surface area (Å²) < 4.78 is 10.6. The predicted molar refractivity (Wildman–Crippen MR) is 127 cm³/mol. The molecule has 0 spiro atoms. The third-order valence-corrected chi connectivity index (χ3v) is 6.41. The molecule has 0 bridgehead atoms. The first kappa shape index (κ1) is 24.1. The van der Waals surface area contributed by atoms with Gasteiger partial charge in [-0.2, -0.15) is 0 Å². The zero-order valence-corrected chi connectivity index (χ0v) is 19.6. The third-order valence-electron chi connectivity index (χ3n) is 6.15. The molecule has 180 valence electrons. The summed E-state index contributed by atoms with van der Waals surface area (Å²) in [5, 5.41) is 21.6. The van der Waals surface area contributed by atoms with E-state index in [4.69, 9.17) is 21.1 Å². The first-order valence-electron chi connectivity index (χ1n) is 11.1. The smallest absolute Gasteiger partial charge is 0.295 e. The number of likely N-dealkylation sites (tertiary alicyclic amines) is 1. The van der Waals surface area contributed by atoms with E-state index in [0.29, 0.717) is 42.3 Å². The topological polar surface area (TPSA) is 99.5 Å². The maximum atomic E-state index is 13.1. The number of Topliss-reactive ketones (excluding diaryl/α,β-unsaturated/α-hetero) is 1. The maximum Gasteiger partial charge on any atom is 0.295 e. The second-order valence-corrected chi connectivity index (χ2v) is 8.67. The summed E-state index contributed by atoms with van der Waals surface area (Å²) in [6, 6.07) is 10.2. The van der Waals surface area contributed by atoms with Crippen LogP contribution in [0.15, 0.2) is 48.0 Å². The first-order chi connectivity index (χ1) is 16.4. The highest BCUT2D eigenvalue weighted by molar-refractivity contribution is 6.46. The van der Waals surface area contributed by atoms with Gasteiger partial charge in [-0.25, -0.2) is 0 Å². The maximum absolute atomic E-state index is 13.1. The number of hydrogen-bond donors (Lipinski definition) is 2.